The molecule has 3 amide bonds. The molecular weight excluding hydrogens is 837 g/mol. The molecule has 4 aliphatic rings. The number of piperidine rings is 2. The second kappa shape index (κ2) is 22.2. The molecule has 1 unspecified atom stereocenters. The van der Waals surface area contributed by atoms with Crippen molar-refractivity contribution < 1.29 is 33.4 Å². The molecule has 2 aliphatic carbocycles. The number of likely N-dealkylation sites (N-methyl/N-ethyl adjacent to an activating group) is 1. The number of hydrogen-bond acceptors (Lipinski definition) is 13. The van der Waals surface area contributed by atoms with Crippen LogP contribution in [-0.2, 0) is 14.4 Å². The second-order valence-electron chi connectivity index (χ2n) is 19.8. The number of hydrogen-bond donors (Lipinski definition) is 2. The molecule has 15 nitrogen and oxygen atoms in total. The van der Waals surface area contributed by atoms with Crippen molar-refractivity contribution in [3.63, 3.8) is 0 Å². The van der Waals surface area contributed by atoms with Crippen molar-refractivity contribution in [1.29, 1.82) is 5.26 Å². The van der Waals surface area contributed by atoms with Crippen molar-refractivity contribution >= 4 is 36.6 Å². The average molecular weight is 907 g/mol. The fraction of sp³-hybridized carbons (Fsp3) is 0.569. The molecule has 66 heavy (non-hydrogen) atoms. The predicted octanol–water partition coefficient (Wildman–Crippen LogP) is 6.40. The molecule has 4 fully saturated rings. The number of carbonyl (C=O) groups is 5. The Morgan fingerprint density at radius 1 is 0.909 bits per heavy atom. The summed E-state index contributed by atoms with van der Waals surface area (Å²) >= 11 is 0. The maximum Gasteiger partial charge on any atom is 0.249 e. The molecule has 0 bridgehead atoms. The van der Waals surface area contributed by atoms with Gasteiger partial charge >= 0.3 is 0 Å². The lowest BCUT2D eigenvalue weighted by Gasteiger charge is -2.63. The van der Waals surface area contributed by atoms with Gasteiger partial charge in [-0.1, -0.05) is 27.7 Å². The van der Waals surface area contributed by atoms with Crippen molar-refractivity contribution in [2.75, 3.05) is 38.6 Å². The zero-order chi connectivity index (χ0) is 48.5. The number of nitrogens with one attached hydrogen (secondary N) is 2. The van der Waals surface area contributed by atoms with E-state index in [0.717, 1.165) is 103 Å². The lowest BCUT2D eigenvalue weighted by Crippen LogP contribution is -2.73. The average Bonchev–Trinajstić information content (AvgIpc) is 3.26. The van der Waals surface area contributed by atoms with Gasteiger partial charge in [0, 0.05) is 80.5 Å². The van der Waals surface area contributed by atoms with Gasteiger partial charge in [-0.05, 0) is 114 Å². The van der Waals surface area contributed by atoms with E-state index >= 15 is 0 Å². The van der Waals surface area contributed by atoms with Crippen molar-refractivity contribution in [3.8, 4) is 17.6 Å². The fourth-order valence-electron chi connectivity index (χ4n) is 10.6. The monoisotopic (exact) mass is 907 g/mol. The smallest absolute Gasteiger partial charge is 0.249 e. The lowest BCUT2D eigenvalue weighted by atomic mass is 9.49. The van der Waals surface area contributed by atoms with E-state index in [1.807, 2.05) is 58.2 Å². The number of nitrogens with zero attached hydrogens (tertiary/aromatic N) is 6. The number of ether oxygens (including phenoxy) is 2. The maximum atomic E-state index is 11.1. The van der Waals surface area contributed by atoms with Crippen LogP contribution in [0.5, 0.6) is 11.5 Å². The molecule has 15 heteroatoms. The van der Waals surface area contributed by atoms with Crippen LogP contribution in [0.15, 0.2) is 42.7 Å². The standard InChI is InChI=1S/C26H34N4O3.C18H26N2O.C7H10N2O3/c1-18(2)30(23-11-25(12-23)33-24-5-4-21(16-31)19(3)10-24)15-20-6-8-29(9-7-20)26-14-27-22(17-32)13-28-26;1-11-8-13(9-12(2)14(11)10-19)21-16-17(3,4)15(20-7)18(16,5)6;1-9(4-10)5-2-3-6(11)8-7(5)12/h4-5,10,13-14,16-18,20,23,25H,6-9,11-12,15H2,1-3H3;8-9,15-16,20H,1-7H3;4-5H,2-3H2,1H3,(H,8,11,12). The van der Waals surface area contributed by atoms with Crippen LogP contribution in [0, 0.1) is 48.9 Å². The summed E-state index contributed by atoms with van der Waals surface area (Å²) in [5.41, 5.74) is 4.91. The van der Waals surface area contributed by atoms with Gasteiger partial charge in [0.2, 0.25) is 18.2 Å². The Morgan fingerprint density at radius 2 is 1.55 bits per heavy atom. The van der Waals surface area contributed by atoms with E-state index in [1.54, 1.807) is 12.4 Å². The number of aromatic nitrogens is 2. The number of benzene rings is 2. The normalized spacial score (nSPS) is 23.0. The SMILES string of the molecule is CN(C=O)C1CCC(=O)NC1=O.CNC1C(C)(C)C(Oc2cc(C)c(C#N)c(C)c2)C1(C)C.Cc1cc(OC2CC(N(CC3CCN(c4cnc(C=O)cn4)CC3)C(C)C)C2)ccc1C=O. The largest absolute Gasteiger partial charge is 0.490 e. The van der Waals surface area contributed by atoms with Crippen LogP contribution in [0.1, 0.15) is 123 Å². The first-order chi connectivity index (χ1) is 31.3. The van der Waals surface area contributed by atoms with Crippen LogP contribution in [0.4, 0.5) is 5.82 Å². The Hall–Kier alpha value is -5.72. The zero-order valence-corrected chi connectivity index (χ0v) is 40.7. The van der Waals surface area contributed by atoms with Crippen LogP contribution >= 0.6 is 0 Å². The third-order valence-electron chi connectivity index (χ3n) is 13.9. The highest BCUT2D eigenvalue weighted by molar-refractivity contribution is 6.00. The van der Waals surface area contributed by atoms with Gasteiger partial charge in [0.15, 0.2) is 6.29 Å². The molecule has 1 atom stereocenters. The first-order valence-electron chi connectivity index (χ1n) is 23.1. The molecular formula is C51H70N8O7. The van der Waals surface area contributed by atoms with Crippen LogP contribution in [0.2, 0.25) is 0 Å². The van der Waals surface area contributed by atoms with Crippen LogP contribution < -0.4 is 25.0 Å². The van der Waals surface area contributed by atoms with Crippen molar-refractivity contribution in [2.45, 2.75) is 137 Å². The molecule has 2 aliphatic heterocycles. The number of imide groups is 1. The number of rotatable bonds is 14. The first-order valence-corrected chi connectivity index (χ1v) is 23.1. The Morgan fingerprint density at radius 3 is 2.05 bits per heavy atom. The number of aryl methyl sites for hydroxylation is 3. The molecule has 2 saturated carbocycles. The van der Waals surface area contributed by atoms with E-state index in [0.29, 0.717) is 49.0 Å². The minimum atomic E-state index is -0.486. The highest BCUT2D eigenvalue weighted by atomic mass is 16.5. The zero-order valence-electron chi connectivity index (χ0n) is 40.7. The van der Waals surface area contributed by atoms with E-state index in [1.165, 1.54) is 11.9 Å². The van der Waals surface area contributed by atoms with Crippen LogP contribution in [0.3, 0.4) is 0 Å². The summed E-state index contributed by atoms with van der Waals surface area (Å²) in [4.78, 5) is 68.6. The van der Waals surface area contributed by atoms with E-state index in [-0.39, 0.29) is 34.9 Å². The summed E-state index contributed by atoms with van der Waals surface area (Å²) in [7, 11) is 3.54. The molecule has 0 spiro atoms. The molecule has 3 heterocycles. The van der Waals surface area contributed by atoms with Gasteiger partial charge < -0.3 is 24.6 Å². The summed E-state index contributed by atoms with van der Waals surface area (Å²) < 4.78 is 12.5. The van der Waals surface area contributed by atoms with E-state index < -0.39 is 6.04 Å². The third-order valence-corrected chi connectivity index (χ3v) is 13.9. The highest BCUT2D eigenvalue weighted by Gasteiger charge is 2.63. The van der Waals surface area contributed by atoms with Gasteiger partial charge in [0.25, 0.3) is 0 Å². The Kier molecular flexibility index (Phi) is 17.2. The van der Waals surface area contributed by atoms with Crippen molar-refractivity contribution in [3.05, 3.63) is 76.2 Å². The lowest BCUT2D eigenvalue weighted by molar-refractivity contribution is -0.166. The number of anilines is 1. The Bertz CT molecular complexity index is 2190. The predicted molar refractivity (Wildman–Crippen MR) is 254 cm³/mol. The van der Waals surface area contributed by atoms with E-state index in [2.05, 4.69) is 78.0 Å². The molecule has 2 saturated heterocycles. The highest BCUT2D eigenvalue weighted by Crippen LogP contribution is 2.55. The number of aldehydes is 2. The van der Waals surface area contributed by atoms with Gasteiger partial charge in [0.1, 0.15) is 47.5 Å². The Balaban J connectivity index is 0.000000210. The van der Waals surface area contributed by atoms with Crippen LogP contribution in [-0.4, -0.2) is 121 Å². The number of nitriles is 1. The van der Waals surface area contributed by atoms with Crippen LogP contribution in [0.25, 0.3) is 0 Å². The molecule has 356 valence electrons. The fourth-order valence-corrected chi connectivity index (χ4v) is 10.6. The summed E-state index contributed by atoms with van der Waals surface area (Å²) in [5, 5.41) is 14.7. The number of amides is 3. The van der Waals surface area contributed by atoms with Gasteiger partial charge in [-0.2, -0.15) is 5.26 Å². The Labute approximate surface area is 391 Å². The molecule has 0 radical (unpaired) electrons. The first kappa shape index (κ1) is 51.3. The molecule has 7 rings (SSSR count). The minimum absolute atomic E-state index is 0.0773. The maximum absolute atomic E-state index is 11.1. The second-order valence-corrected chi connectivity index (χ2v) is 19.8. The summed E-state index contributed by atoms with van der Waals surface area (Å²) in [6.07, 6.45) is 10.9. The van der Waals surface area contributed by atoms with Gasteiger partial charge in [-0.3, -0.25) is 34.2 Å². The van der Waals surface area contributed by atoms with Gasteiger partial charge in [-0.25, -0.2) is 9.97 Å². The molecule has 3 aromatic rings. The summed E-state index contributed by atoms with van der Waals surface area (Å²) in [5.74, 6) is 2.59. The third kappa shape index (κ3) is 12.0. The minimum Gasteiger partial charge on any atom is -0.490 e. The van der Waals surface area contributed by atoms with Crippen molar-refractivity contribution in [1.82, 2.24) is 30.4 Å². The van der Waals surface area contributed by atoms with Gasteiger partial charge in [-0.15, -0.1) is 0 Å². The topological polar surface area (TPSA) is 187 Å². The molecule has 2 N–H and O–H groups in total. The molecule has 2 aromatic carbocycles. The molecule has 1 aromatic heterocycles. The van der Waals surface area contributed by atoms with E-state index in [4.69, 9.17) is 14.7 Å². The van der Waals surface area contributed by atoms with E-state index in [9.17, 15) is 24.0 Å². The van der Waals surface area contributed by atoms with Crippen molar-refractivity contribution in [2.24, 2.45) is 16.7 Å². The quantitative estimate of drug-likeness (QED) is 0.134. The number of carbonyl (C=O) groups excluding carboxylic acids is 5. The summed E-state index contributed by atoms with van der Waals surface area (Å²) in [6, 6.07) is 12.9. The van der Waals surface area contributed by atoms with Gasteiger partial charge in [0.05, 0.1) is 24.0 Å². The summed E-state index contributed by atoms with van der Waals surface area (Å²) in [6.45, 7) is 22.5.